The van der Waals surface area contributed by atoms with Crippen molar-refractivity contribution in [3.8, 4) is 28.7 Å². The molecule has 1 heterocycles. The minimum atomic E-state index is -3.80. The van der Waals surface area contributed by atoms with Crippen LogP contribution in [0.3, 0.4) is 0 Å². The van der Waals surface area contributed by atoms with Crippen LogP contribution < -0.4 is 34.2 Å². The van der Waals surface area contributed by atoms with E-state index >= 15 is 0 Å². The van der Waals surface area contributed by atoms with Gasteiger partial charge in [0.15, 0.2) is 0 Å². The van der Waals surface area contributed by atoms with Gasteiger partial charge in [-0.25, -0.2) is 22.0 Å². The number of hydrogen-bond donors (Lipinski definition) is 5. The molecule has 0 spiro atoms. The Morgan fingerprint density at radius 3 is 1.67 bits per heavy atom. The van der Waals surface area contributed by atoms with E-state index in [9.17, 15) is 31.8 Å². The van der Waals surface area contributed by atoms with E-state index in [-0.39, 0.29) is 45.8 Å². The zero-order valence-electron chi connectivity index (χ0n) is 34.1. The number of aliphatic hydroxyl groups is 1. The number of rotatable bonds is 22. The Morgan fingerprint density at radius 1 is 0.717 bits per heavy atom. The van der Waals surface area contributed by atoms with Crippen molar-refractivity contribution in [3.63, 3.8) is 0 Å². The van der Waals surface area contributed by atoms with Crippen molar-refractivity contribution >= 4 is 48.5 Å². The monoisotopic (exact) mass is 864 g/mol. The molecule has 1 aromatic heterocycles. The van der Waals surface area contributed by atoms with Crippen molar-refractivity contribution in [1.29, 1.82) is 0 Å². The van der Waals surface area contributed by atoms with Crippen LogP contribution in [0.25, 0.3) is 21.9 Å². The molecular formula is C44H52N2O12S2. The largest absolute Gasteiger partial charge is 0.507 e. The van der Waals surface area contributed by atoms with Crippen LogP contribution in [0.4, 0.5) is 5.69 Å². The summed E-state index contributed by atoms with van der Waals surface area (Å²) >= 11 is 0. The first-order valence-electron chi connectivity index (χ1n) is 19.5. The molecule has 0 fully saturated rings. The van der Waals surface area contributed by atoms with Crippen molar-refractivity contribution in [1.82, 2.24) is 0 Å². The Kier molecular flexibility index (Phi) is 16.0. The standard InChI is InChI=1S/C44H52N2O12S2/c1-28(2)9-19-34-36(27-47)38(57-24-8-6-21-54-31-13-11-30(12-14-31)46-59(50)51)26-39-41(34)44(49)42-40(58-39)25-37(35(43(42)48)20-10-29(3)4)56-23-7-5-22-55-32-15-17-33(18-16-32)60(45,52)53/h9-18,25-26,47-48,59H,5-8,19-24,27H2,1-4H3,(H2,45,52,53)(H,46,50,51). The molecular weight excluding hydrogens is 813 g/mol. The molecule has 5 N–H and O–H groups in total. The summed E-state index contributed by atoms with van der Waals surface area (Å²) in [4.78, 5) is 14.5. The fourth-order valence-corrected chi connectivity index (χ4v) is 7.21. The van der Waals surface area contributed by atoms with Crippen LogP contribution in [0.1, 0.15) is 70.1 Å². The molecule has 0 saturated heterocycles. The summed E-state index contributed by atoms with van der Waals surface area (Å²) in [5, 5.41) is 27.8. The number of anilines is 1. The summed E-state index contributed by atoms with van der Waals surface area (Å²) < 4.78 is 77.5. The Hall–Kier alpha value is -5.55. The SMILES string of the molecule is CC(C)=CCc1c(OCCCCOc2ccc(S(N)(=O)=O)cc2)cc2oc3cc(OCCCCOc4ccc(N[SH](=O)=O)cc4)c(CO)c(CC=C(C)C)c3c(=O)c2c1O. The van der Waals surface area contributed by atoms with Crippen LogP contribution in [-0.2, 0) is 40.4 Å². The number of hydrogen-bond acceptors (Lipinski definition) is 12. The molecule has 0 saturated carbocycles. The van der Waals surface area contributed by atoms with Crippen LogP contribution in [0.5, 0.6) is 28.7 Å². The van der Waals surface area contributed by atoms with E-state index in [2.05, 4.69) is 4.72 Å². The molecule has 5 rings (SSSR count). The molecule has 0 aliphatic heterocycles. The lowest BCUT2D eigenvalue weighted by atomic mass is 9.95. The number of sulfonamides is 1. The summed E-state index contributed by atoms with van der Waals surface area (Å²) in [7, 11) is -6.55. The van der Waals surface area contributed by atoms with Crippen molar-refractivity contribution in [2.75, 3.05) is 31.1 Å². The fourth-order valence-electron chi connectivity index (χ4n) is 6.34. The number of phenolic OH excluding ortho intramolecular Hbond substituents is 1. The summed E-state index contributed by atoms with van der Waals surface area (Å²) in [6, 6.07) is 15.6. The maximum atomic E-state index is 14.5. The Bertz CT molecular complexity index is 2580. The second-order valence-corrected chi connectivity index (χ2v) is 16.9. The minimum Gasteiger partial charge on any atom is -0.507 e. The predicted octanol–water partition coefficient (Wildman–Crippen LogP) is 7.22. The Labute approximate surface area is 351 Å². The van der Waals surface area contributed by atoms with Gasteiger partial charge in [-0.3, -0.25) is 9.52 Å². The summed E-state index contributed by atoms with van der Waals surface area (Å²) in [6.07, 6.45) is 6.94. The number of benzene rings is 4. The van der Waals surface area contributed by atoms with Gasteiger partial charge in [0.2, 0.25) is 26.3 Å². The van der Waals surface area contributed by atoms with Crippen molar-refractivity contribution in [2.45, 2.75) is 77.7 Å². The van der Waals surface area contributed by atoms with E-state index < -0.39 is 32.9 Å². The van der Waals surface area contributed by atoms with Gasteiger partial charge in [0.25, 0.3) is 0 Å². The minimum absolute atomic E-state index is 0.00330. The average molecular weight is 865 g/mol. The molecule has 60 heavy (non-hydrogen) atoms. The molecule has 0 bridgehead atoms. The highest BCUT2D eigenvalue weighted by Gasteiger charge is 2.24. The topological polar surface area (TPSA) is 214 Å². The number of thiol groups is 1. The summed E-state index contributed by atoms with van der Waals surface area (Å²) in [6.45, 7) is 8.64. The lowest BCUT2D eigenvalue weighted by molar-refractivity contribution is 0.249. The number of ether oxygens (including phenoxy) is 4. The lowest BCUT2D eigenvalue weighted by Gasteiger charge is -2.18. The van der Waals surface area contributed by atoms with Gasteiger partial charge in [0.05, 0.1) is 43.3 Å². The fraction of sp³-hybridized carbons (Fsp3) is 0.341. The van der Waals surface area contributed by atoms with Crippen LogP contribution in [0.2, 0.25) is 0 Å². The van der Waals surface area contributed by atoms with Crippen molar-refractivity contribution in [3.05, 3.63) is 111 Å². The van der Waals surface area contributed by atoms with Crippen molar-refractivity contribution < 1.29 is 50.4 Å². The van der Waals surface area contributed by atoms with E-state index in [1.807, 2.05) is 39.8 Å². The number of fused-ring (bicyclic) bond motifs is 2. The van der Waals surface area contributed by atoms with Gasteiger partial charge >= 0.3 is 0 Å². The zero-order chi connectivity index (χ0) is 43.4. The molecule has 322 valence electrons. The van der Waals surface area contributed by atoms with Gasteiger partial charge in [-0.1, -0.05) is 23.3 Å². The number of unbranched alkanes of at least 4 members (excludes halogenated alkanes) is 2. The van der Waals surface area contributed by atoms with Gasteiger partial charge in [0.1, 0.15) is 45.3 Å². The van der Waals surface area contributed by atoms with Crippen LogP contribution in [0, 0.1) is 0 Å². The Balaban J connectivity index is 1.37. The average Bonchev–Trinajstić information content (AvgIpc) is 3.19. The van der Waals surface area contributed by atoms with Gasteiger partial charge in [-0.05, 0) is 120 Å². The molecule has 0 unspecified atom stereocenters. The third-order valence-corrected chi connectivity index (χ3v) is 10.8. The number of phenols is 1. The van der Waals surface area contributed by atoms with E-state index in [1.165, 1.54) is 24.3 Å². The van der Waals surface area contributed by atoms with E-state index in [4.69, 9.17) is 28.5 Å². The normalized spacial score (nSPS) is 11.4. The van der Waals surface area contributed by atoms with Gasteiger partial charge in [0, 0.05) is 28.9 Å². The molecule has 5 aromatic rings. The van der Waals surface area contributed by atoms with Crippen LogP contribution in [0.15, 0.2) is 98.1 Å². The van der Waals surface area contributed by atoms with Crippen LogP contribution >= 0.6 is 0 Å². The third kappa shape index (κ3) is 12.3. The third-order valence-electron chi connectivity index (χ3n) is 9.42. The molecule has 14 nitrogen and oxygen atoms in total. The highest BCUT2D eigenvalue weighted by Crippen LogP contribution is 2.39. The second-order valence-electron chi connectivity index (χ2n) is 14.6. The maximum absolute atomic E-state index is 14.5. The number of aromatic hydroxyl groups is 1. The number of aliphatic hydroxyl groups excluding tert-OH is 1. The highest BCUT2D eigenvalue weighted by atomic mass is 32.2. The van der Waals surface area contributed by atoms with E-state index in [0.29, 0.717) is 97.1 Å². The summed E-state index contributed by atoms with van der Waals surface area (Å²) in [5.74, 6) is 1.58. The maximum Gasteiger partial charge on any atom is 0.238 e. The molecule has 0 amide bonds. The molecule has 0 atom stereocenters. The molecule has 16 heteroatoms. The first-order chi connectivity index (χ1) is 28.7. The smallest absolute Gasteiger partial charge is 0.238 e. The first kappa shape index (κ1) is 45.5. The van der Waals surface area contributed by atoms with Crippen LogP contribution in [-0.4, -0.2) is 53.5 Å². The molecule has 4 aromatic carbocycles. The van der Waals surface area contributed by atoms with Gasteiger partial charge in [-0.2, -0.15) is 0 Å². The van der Waals surface area contributed by atoms with Gasteiger partial charge in [-0.15, -0.1) is 0 Å². The Morgan fingerprint density at radius 2 is 1.18 bits per heavy atom. The van der Waals surface area contributed by atoms with E-state index in [1.54, 1.807) is 36.4 Å². The first-order valence-corrected chi connectivity index (χ1v) is 22.2. The highest BCUT2D eigenvalue weighted by molar-refractivity contribution is 7.89. The van der Waals surface area contributed by atoms with E-state index in [0.717, 1.165) is 11.1 Å². The molecule has 0 aliphatic rings. The number of nitrogens with one attached hydrogen (secondary N) is 1. The number of primary sulfonamides is 1. The van der Waals surface area contributed by atoms with Crippen molar-refractivity contribution in [2.24, 2.45) is 5.14 Å². The zero-order valence-corrected chi connectivity index (χ0v) is 35.8. The van der Waals surface area contributed by atoms with Gasteiger partial charge < -0.3 is 33.6 Å². The number of nitrogens with two attached hydrogens (primary N) is 1. The molecule has 0 aliphatic carbocycles. The lowest BCUT2D eigenvalue weighted by Crippen LogP contribution is -2.12. The second kappa shape index (κ2) is 21.1. The quantitative estimate of drug-likeness (QED) is 0.0202. The predicted molar refractivity (Wildman–Crippen MR) is 232 cm³/mol. The molecule has 0 radical (unpaired) electrons. The summed E-state index contributed by atoms with van der Waals surface area (Å²) in [5.41, 5.74) is 3.81. The number of allylic oxidation sites excluding steroid dienone is 4.